The normalized spacial score (nSPS) is 16.0. The molecule has 1 fully saturated rings. The summed E-state index contributed by atoms with van der Waals surface area (Å²) in [6.07, 6.45) is 0. The van der Waals surface area contributed by atoms with Gasteiger partial charge in [0, 0.05) is 37.4 Å². The number of hydrogen-bond donors (Lipinski definition) is 1. The van der Waals surface area contributed by atoms with Gasteiger partial charge >= 0.3 is 0 Å². The molecule has 1 heterocycles. The van der Waals surface area contributed by atoms with E-state index >= 15 is 0 Å². The van der Waals surface area contributed by atoms with Crippen molar-refractivity contribution in [3.63, 3.8) is 0 Å². The standard InChI is InChI=1S/C21H24FN3O2/c1-15(21(27)23-20-6-4-3-5-19(20)22)24-11-13-25(14-12-24)18-9-7-17(8-10-18)16(2)26/h3-10,15H,11-14H2,1-2H3,(H,23,27)/t15-/m0/s1. The quantitative estimate of drug-likeness (QED) is 0.823. The smallest absolute Gasteiger partial charge is 0.241 e. The maximum Gasteiger partial charge on any atom is 0.241 e. The third kappa shape index (κ3) is 4.52. The zero-order valence-electron chi connectivity index (χ0n) is 15.6. The number of carbonyl (C=O) groups is 2. The third-order valence-electron chi connectivity index (χ3n) is 5.01. The Labute approximate surface area is 158 Å². The number of anilines is 2. The van der Waals surface area contributed by atoms with Crippen molar-refractivity contribution in [1.29, 1.82) is 0 Å². The van der Waals surface area contributed by atoms with E-state index in [-0.39, 0.29) is 23.4 Å². The lowest BCUT2D eigenvalue weighted by Gasteiger charge is -2.38. The van der Waals surface area contributed by atoms with Crippen molar-refractivity contribution in [1.82, 2.24) is 4.90 Å². The SMILES string of the molecule is CC(=O)c1ccc(N2CCN([C@@H](C)C(=O)Nc3ccccc3F)CC2)cc1. The van der Waals surface area contributed by atoms with Gasteiger partial charge in [0.15, 0.2) is 5.78 Å². The Hall–Kier alpha value is -2.73. The van der Waals surface area contributed by atoms with Gasteiger partial charge in [0.1, 0.15) is 5.82 Å². The molecule has 0 saturated carbocycles. The first-order chi connectivity index (χ1) is 13.0. The Morgan fingerprint density at radius 1 is 1.00 bits per heavy atom. The third-order valence-corrected chi connectivity index (χ3v) is 5.01. The Balaban J connectivity index is 1.55. The van der Waals surface area contributed by atoms with Gasteiger partial charge in [-0.05, 0) is 50.2 Å². The van der Waals surface area contributed by atoms with E-state index in [1.54, 1.807) is 25.1 Å². The topological polar surface area (TPSA) is 52.7 Å². The van der Waals surface area contributed by atoms with Crippen LogP contribution in [0.3, 0.4) is 0 Å². The number of halogens is 1. The molecule has 1 saturated heterocycles. The van der Waals surface area contributed by atoms with Gasteiger partial charge in [0.2, 0.25) is 5.91 Å². The molecule has 1 amide bonds. The van der Waals surface area contributed by atoms with E-state index < -0.39 is 5.82 Å². The van der Waals surface area contributed by atoms with E-state index in [9.17, 15) is 14.0 Å². The predicted molar refractivity (Wildman–Crippen MR) is 105 cm³/mol. The molecule has 0 bridgehead atoms. The lowest BCUT2D eigenvalue weighted by molar-refractivity contribution is -0.120. The number of hydrogen-bond acceptors (Lipinski definition) is 4. The number of Topliss-reactive ketones (excluding diaryl/α,β-unsaturated/α-hetero) is 1. The van der Waals surface area contributed by atoms with E-state index in [2.05, 4.69) is 15.1 Å². The van der Waals surface area contributed by atoms with Crippen LogP contribution in [0.5, 0.6) is 0 Å². The van der Waals surface area contributed by atoms with Crippen LogP contribution in [0.4, 0.5) is 15.8 Å². The summed E-state index contributed by atoms with van der Waals surface area (Å²) in [5, 5.41) is 2.67. The van der Waals surface area contributed by atoms with Gasteiger partial charge in [-0.1, -0.05) is 12.1 Å². The number of piperazine rings is 1. The number of ketones is 1. The Bertz CT molecular complexity index is 814. The fourth-order valence-corrected chi connectivity index (χ4v) is 3.24. The van der Waals surface area contributed by atoms with Crippen molar-refractivity contribution in [2.24, 2.45) is 0 Å². The number of nitrogens with zero attached hydrogens (tertiary/aromatic N) is 2. The number of amides is 1. The van der Waals surface area contributed by atoms with Crippen LogP contribution in [-0.2, 0) is 4.79 Å². The van der Waals surface area contributed by atoms with E-state index in [4.69, 9.17) is 0 Å². The Morgan fingerprint density at radius 2 is 1.63 bits per heavy atom. The van der Waals surface area contributed by atoms with Gasteiger partial charge in [-0.2, -0.15) is 0 Å². The molecule has 142 valence electrons. The summed E-state index contributed by atoms with van der Waals surface area (Å²) in [5.74, 6) is -0.586. The van der Waals surface area contributed by atoms with Crippen LogP contribution in [0.15, 0.2) is 48.5 Å². The minimum absolute atomic E-state index is 0.0565. The molecule has 3 rings (SSSR count). The van der Waals surface area contributed by atoms with Crippen molar-refractivity contribution in [2.75, 3.05) is 36.4 Å². The van der Waals surface area contributed by atoms with E-state index in [0.29, 0.717) is 5.56 Å². The summed E-state index contributed by atoms with van der Waals surface area (Å²) in [6, 6.07) is 13.4. The highest BCUT2D eigenvalue weighted by atomic mass is 19.1. The molecule has 1 atom stereocenters. The molecule has 0 radical (unpaired) electrons. The van der Waals surface area contributed by atoms with E-state index in [1.165, 1.54) is 6.07 Å². The van der Waals surface area contributed by atoms with Crippen molar-refractivity contribution in [3.05, 3.63) is 59.9 Å². The summed E-state index contributed by atoms with van der Waals surface area (Å²) < 4.78 is 13.7. The molecular formula is C21H24FN3O2. The number of nitrogens with one attached hydrogen (secondary N) is 1. The van der Waals surface area contributed by atoms with Gasteiger partial charge in [0.05, 0.1) is 11.7 Å². The molecule has 0 unspecified atom stereocenters. The van der Waals surface area contributed by atoms with E-state index in [1.807, 2.05) is 31.2 Å². The molecule has 0 spiro atoms. The molecular weight excluding hydrogens is 345 g/mol. The van der Waals surface area contributed by atoms with E-state index in [0.717, 1.165) is 31.9 Å². The number of rotatable bonds is 5. The summed E-state index contributed by atoms with van der Waals surface area (Å²) in [7, 11) is 0. The zero-order valence-corrected chi connectivity index (χ0v) is 15.6. The number of carbonyl (C=O) groups excluding carboxylic acids is 2. The second-order valence-corrected chi connectivity index (χ2v) is 6.77. The molecule has 0 aromatic heterocycles. The van der Waals surface area contributed by atoms with Crippen molar-refractivity contribution >= 4 is 23.1 Å². The largest absolute Gasteiger partial charge is 0.369 e. The molecule has 6 heteroatoms. The summed E-state index contributed by atoms with van der Waals surface area (Å²) in [4.78, 5) is 28.2. The van der Waals surface area contributed by atoms with Crippen LogP contribution in [0, 0.1) is 5.82 Å². The number of benzene rings is 2. The van der Waals surface area contributed by atoms with Crippen LogP contribution in [-0.4, -0.2) is 48.8 Å². The Kier molecular flexibility index (Phi) is 5.86. The fraction of sp³-hybridized carbons (Fsp3) is 0.333. The maximum atomic E-state index is 13.7. The minimum atomic E-state index is -0.433. The number of para-hydroxylation sites is 1. The predicted octanol–water partition coefficient (Wildman–Crippen LogP) is 3.18. The monoisotopic (exact) mass is 369 g/mol. The molecule has 2 aromatic rings. The van der Waals surface area contributed by atoms with Crippen LogP contribution in [0.1, 0.15) is 24.2 Å². The van der Waals surface area contributed by atoms with Gasteiger partial charge in [0.25, 0.3) is 0 Å². The van der Waals surface area contributed by atoms with Crippen molar-refractivity contribution in [2.45, 2.75) is 19.9 Å². The highest BCUT2D eigenvalue weighted by Crippen LogP contribution is 2.19. The van der Waals surface area contributed by atoms with Gasteiger partial charge in [-0.25, -0.2) is 4.39 Å². The van der Waals surface area contributed by atoms with Crippen LogP contribution in [0.2, 0.25) is 0 Å². The summed E-state index contributed by atoms with van der Waals surface area (Å²) in [5.41, 5.74) is 1.98. The minimum Gasteiger partial charge on any atom is -0.369 e. The zero-order chi connectivity index (χ0) is 19.4. The van der Waals surface area contributed by atoms with Crippen LogP contribution < -0.4 is 10.2 Å². The van der Waals surface area contributed by atoms with Crippen molar-refractivity contribution < 1.29 is 14.0 Å². The fourth-order valence-electron chi connectivity index (χ4n) is 3.24. The lowest BCUT2D eigenvalue weighted by atomic mass is 10.1. The van der Waals surface area contributed by atoms with Crippen molar-refractivity contribution in [3.8, 4) is 0 Å². The highest BCUT2D eigenvalue weighted by molar-refractivity contribution is 5.95. The molecule has 1 aliphatic heterocycles. The average Bonchev–Trinajstić information content (AvgIpc) is 2.69. The van der Waals surface area contributed by atoms with Gasteiger partial charge < -0.3 is 10.2 Å². The Morgan fingerprint density at radius 3 is 2.22 bits per heavy atom. The second-order valence-electron chi connectivity index (χ2n) is 6.77. The molecule has 0 aliphatic carbocycles. The first kappa shape index (κ1) is 19.0. The molecule has 1 aliphatic rings. The first-order valence-corrected chi connectivity index (χ1v) is 9.11. The van der Waals surface area contributed by atoms with Gasteiger partial charge in [-0.15, -0.1) is 0 Å². The molecule has 2 aromatic carbocycles. The average molecular weight is 369 g/mol. The van der Waals surface area contributed by atoms with Gasteiger partial charge in [-0.3, -0.25) is 14.5 Å². The molecule has 5 nitrogen and oxygen atoms in total. The maximum absolute atomic E-state index is 13.7. The second kappa shape index (κ2) is 8.31. The molecule has 27 heavy (non-hydrogen) atoms. The summed E-state index contributed by atoms with van der Waals surface area (Å²) in [6.45, 7) is 6.45. The summed E-state index contributed by atoms with van der Waals surface area (Å²) >= 11 is 0. The first-order valence-electron chi connectivity index (χ1n) is 9.11. The lowest BCUT2D eigenvalue weighted by Crippen LogP contribution is -2.52. The van der Waals surface area contributed by atoms with Crippen LogP contribution in [0.25, 0.3) is 0 Å². The highest BCUT2D eigenvalue weighted by Gasteiger charge is 2.26. The van der Waals surface area contributed by atoms with Crippen LogP contribution >= 0.6 is 0 Å². The molecule has 1 N–H and O–H groups in total.